The zero-order valence-electron chi connectivity index (χ0n) is 23.6. The quantitative estimate of drug-likeness (QED) is 0.345. The summed E-state index contributed by atoms with van der Waals surface area (Å²) in [6.07, 6.45) is 10.4. The zero-order valence-corrected chi connectivity index (χ0v) is 23.6. The number of ether oxygens (including phenoxy) is 2. The van der Waals surface area contributed by atoms with E-state index >= 15 is 0 Å². The summed E-state index contributed by atoms with van der Waals surface area (Å²) in [5, 5.41) is 20.3. The van der Waals surface area contributed by atoms with Crippen molar-refractivity contribution in [2.24, 2.45) is 0 Å². The normalized spacial score (nSPS) is 18.6. The Balaban J connectivity index is 1.36. The van der Waals surface area contributed by atoms with Crippen LogP contribution in [0.4, 0.5) is 5.95 Å². The molecule has 212 valence electrons. The van der Waals surface area contributed by atoms with Crippen LogP contribution in [-0.4, -0.2) is 91.4 Å². The van der Waals surface area contributed by atoms with Crippen LogP contribution in [0.5, 0.6) is 0 Å². The SMILES string of the molecule is COC[C@H](C)Nc1ncc2c(-c3cnn(C(C)(C)C(=O)N4CCOCC4)c3)cc(C3CCc4[nH]ncc4C3)n2n1. The van der Waals surface area contributed by atoms with Crippen LogP contribution >= 0.6 is 0 Å². The van der Waals surface area contributed by atoms with Crippen LogP contribution in [0.3, 0.4) is 0 Å². The summed E-state index contributed by atoms with van der Waals surface area (Å²) in [6, 6.07) is 2.27. The van der Waals surface area contributed by atoms with Crippen LogP contribution in [-0.2, 0) is 32.6 Å². The van der Waals surface area contributed by atoms with Gasteiger partial charge in [0.05, 0.1) is 43.9 Å². The molecule has 1 amide bonds. The maximum Gasteiger partial charge on any atom is 0.250 e. The largest absolute Gasteiger partial charge is 0.383 e. The summed E-state index contributed by atoms with van der Waals surface area (Å²) in [7, 11) is 1.68. The van der Waals surface area contributed by atoms with Gasteiger partial charge in [-0.3, -0.25) is 14.6 Å². The van der Waals surface area contributed by atoms with Gasteiger partial charge in [0.2, 0.25) is 11.9 Å². The lowest BCUT2D eigenvalue weighted by molar-refractivity contribution is -0.143. The number of aromatic amines is 1. The molecule has 2 aliphatic rings. The molecule has 40 heavy (non-hydrogen) atoms. The predicted molar refractivity (Wildman–Crippen MR) is 149 cm³/mol. The first-order valence-electron chi connectivity index (χ1n) is 13.9. The van der Waals surface area contributed by atoms with E-state index < -0.39 is 5.54 Å². The van der Waals surface area contributed by atoms with E-state index in [0.29, 0.717) is 38.9 Å². The fraction of sp³-hybridized carbons (Fsp3) is 0.536. The fourth-order valence-electron chi connectivity index (χ4n) is 5.80. The fourth-order valence-corrected chi connectivity index (χ4v) is 5.80. The van der Waals surface area contributed by atoms with E-state index in [1.165, 1.54) is 11.3 Å². The highest BCUT2D eigenvalue weighted by molar-refractivity contribution is 5.85. The van der Waals surface area contributed by atoms with Crippen molar-refractivity contribution in [3.8, 4) is 11.1 Å². The Hall–Kier alpha value is -3.77. The average molecular weight is 548 g/mol. The van der Waals surface area contributed by atoms with Crippen LogP contribution in [0.1, 0.15) is 50.1 Å². The van der Waals surface area contributed by atoms with Crippen LogP contribution < -0.4 is 5.32 Å². The Labute approximate surface area is 233 Å². The molecule has 0 radical (unpaired) electrons. The number of nitrogens with zero attached hydrogens (tertiary/aromatic N) is 7. The highest BCUT2D eigenvalue weighted by Gasteiger charge is 2.36. The molecule has 1 aliphatic heterocycles. The summed E-state index contributed by atoms with van der Waals surface area (Å²) < 4.78 is 14.5. The summed E-state index contributed by atoms with van der Waals surface area (Å²) in [5.41, 5.74) is 5.57. The third kappa shape index (κ3) is 4.86. The van der Waals surface area contributed by atoms with Gasteiger partial charge in [-0.1, -0.05) is 0 Å². The second-order valence-electron chi connectivity index (χ2n) is 11.3. The standard InChI is InChI=1S/C28H37N9O3/c1-18(17-39-4)32-27-29-15-25-22(12-24(37(25)34-27)19-5-6-23-20(11-19)13-30-33-23)21-14-31-36(16-21)28(2,3)26(38)35-7-9-40-10-8-35/h12-16,18-19H,5-11,17H2,1-4H3,(H,30,33)(H,32,34)/t18-,19?/m0/s1. The van der Waals surface area contributed by atoms with E-state index in [4.69, 9.17) is 14.6 Å². The maximum atomic E-state index is 13.4. The van der Waals surface area contributed by atoms with E-state index in [1.54, 1.807) is 11.8 Å². The number of H-pyrrole nitrogens is 1. The minimum Gasteiger partial charge on any atom is -0.383 e. The Morgan fingerprint density at radius 1 is 1.27 bits per heavy atom. The number of carbonyl (C=O) groups excluding carboxylic acids is 1. The summed E-state index contributed by atoms with van der Waals surface area (Å²) in [6.45, 7) is 8.74. The Morgan fingerprint density at radius 2 is 2.10 bits per heavy atom. The predicted octanol–water partition coefficient (Wildman–Crippen LogP) is 2.63. The molecule has 1 saturated heterocycles. The number of nitrogens with one attached hydrogen (secondary N) is 2. The van der Waals surface area contributed by atoms with Gasteiger partial charge >= 0.3 is 0 Å². The molecular formula is C28H37N9O3. The highest BCUT2D eigenvalue weighted by Crippen LogP contribution is 2.37. The number of aromatic nitrogens is 7. The number of amides is 1. The highest BCUT2D eigenvalue weighted by atomic mass is 16.5. The summed E-state index contributed by atoms with van der Waals surface area (Å²) >= 11 is 0. The van der Waals surface area contributed by atoms with Gasteiger partial charge in [0, 0.05) is 60.9 Å². The Bertz CT molecular complexity index is 1500. The minimum atomic E-state index is -0.833. The van der Waals surface area contributed by atoms with Crippen LogP contribution in [0, 0.1) is 0 Å². The van der Waals surface area contributed by atoms with Gasteiger partial charge in [-0.15, -0.1) is 5.10 Å². The average Bonchev–Trinajstić information content (AvgIpc) is 3.71. The first kappa shape index (κ1) is 26.5. The molecule has 12 nitrogen and oxygen atoms in total. The lowest BCUT2D eigenvalue weighted by atomic mass is 9.85. The van der Waals surface area contributed by atoms with Crippen LogP contribution in [0.25, 0.3) is 16.6 Å². The van der Waals surface area contributed by atoms with Crippen LogP contribution in [0.15, 0.2) is 30.9 Å². The molecule has 1 fully saturated rings. The number of aryl methyl sites for hydroxylation is 1. The second-order valence-corrected chi connectivity index (χ2v) is 11.3. The van der Waals surface area contributed by atoms with Gasteiger partial charge in [0.15, 0.2) is 0 Å². The molecule has 0 bridgehead atoms. The topological polar surface area (TPSA) is 127 Å². The second kappa shape index (κ2) is 10.7. The number of morpholine rings is 1. The smallest absolute Gasteiger partial charge is 0.250 e. The number of methoxy groups -OCH3 is 1. The van der Waals surface area contributed by atoms with E-state index in [9.17, 15) is 4.79 Å². The molecule has 1 aliphatic carbocycles. The number of rotatable bonds is 8. The van der Waals surface area contributed by atoms with Gasteiger partial charge in [-0.25, -0.2) is 9.50 Å². The zero-order chi connectivity index (χ0) is 27.9. The summed E-state index contributed by atoms with van der Waals surface area (Å²) in [4.78, 5) is 19.9. The van der Waals surface area contributed by atoms with Crippen molar-refractivity contribution >= 4 is 17.4 Å². The maximum absolute atomic E-state index is 13.4. The van der Waals surface area contributed by atoms with Crippen molar-refractivity contribution in [1.82, 2.24) is 39.5 Å². The number of hydrogen-bond donors (Lipinski definition) is 2. The first-order chi connectivity index (χ1) is 19.3. The monoisotopic (exact) mass is 547 g/mol. The molecule has 0 aromatic carbocycles. The lowest BCUT2D eigenvalue weighted by Crippen LogP contribution is -2.51. The number of hydrogen-bond acceptors (Lipinski definition) is 8. The molecular weight excluding hydrogens is 510 g/mol. The molecule has 2 N–H and O–H groups in total. The van der Waals surface area contributed by atoms with E-state index in [2.05, 4.69) is 31.7 Å². The molecule has 4 aromatic heterocycles. The van der Waals surface area contributed by atoms with Crippen LogP contribution in [0.2, 0.25) is 0 Å². The molecule has 0 saturated carbocycles. The van der Waals surface area contributed by atoms with Gasteiger partial charge in [-0.05, 0) is 51.7 Å². The van der Waals surface area contributed by atoms with Crippen molar-refractivity contribution in [2.45, 2.75) is 57.5 Å². The molecule has 0 spiro atoms. The summed E-state index contributed by atoms with van der Waals surface area (Å²) in [5.74, 6) is 0.864. The van der Waals surface area contributed by atoms with Crippen molar-refractivity contribution in [1.29, 1.82) is 0 Å². The third-order valence-corrected chi connectivity index (χ3v) is 8.06. The van der Waals surface area contributed by atoms with E-state index in [-0.39, 0.29) is 17.9 Å². The Kier molecular flexibility index (Phi) is 7.05. The molecule has 5 heterocycles. The molecule has 1 unspecified atom stereocenters. The first-order valence-corrected chi connectivity index (χ1v) is 13.9. The van der Waals surface area contributed by atoms with E-state index in [1.807, 2.05) is 55.0 Å². The minimum absolute atomic E-state index is 0.0372. The molecule has 2 atom stereocenters. The third-order valence-electron chi connectivity index (χ3n) is 8.06. The van der Waals surface area contributed by atoms with Gasteiger partial charge < -0.3 is 19.7 Å². The van der Waals surface area contributed by atoms with Gasteiger partial charge in [-0.2, -0.15) is 10.2 Å². The number of anilines is 1. The molecule has 12 heteroatoms. The van der Waals surface area contributed by atoms with Gasteiger partial charge in [0.1, 0.15) is 5.54 Å². The van der Waals surface area contributed by atoms with Crippen molar-refractivity contribution in [3.63, 3.8) is 0 Å². The number of carbonyl (C=O) groups is 1. The van der Waals surface area contributed by atoms with Crippen molar-refractivity contribution < 1.29 is 14.3 Å². The Morgan fingerprint density at radius 3 is 2.90 bits per heavy atom. The van der Waals surface area contributed by atoms with Gasteiger partial charge in [0.25, 0.3) is 0 Å². The van der Waals surface area contributed by atoms with E-state index in [0.717, 1.165) is 41.6 Å². The molecule has 6 rings (SSSR count). The van der Waals surface area contributed by atoms with Crippen molar-refractivity contribution in [2.75, 3.05) is 45.3 Å². The van der Waals surface area contributed by atoms with Crippen molar-refractivity contribution in [3.05, 3.63) is 47.8 Å². The number of fused-ring (bicyclic) bond motifs is 2. The lowest BCUT2D eigenvalue weighted by Gasteiger charge is -2.34. The molecule has 4 aromatic rings.